The first-order valence-electron chi connectivity index (χ1n) is 9.61. The standard InChI is InChI=1S/C20H26N6O/c1-24-10-12-26(13-11-24)19-15-21-18(14-22-19)20(27)23-16-4-6-17(7-5-16)25-8-2-3-9-25/h4-7,14-15H,2-3,8-13H2,1H3,(H,23,27). The molecule has 1 aromatic heterocycles. The van der Waals surface area contributed by atoms with Crippen LogP contribution >= 0.6 is 0 Å². The molecule has 1 amide bonds. The zero-order valence-electron chi connectivity index (χ0n) is 15.8. The molecule has 7 nitrogen and oxygen atoms in total. The van der Waals surface area contributed by atoms with Gasteiger partial charge in [0.1, 0.15) is 11.5 Å². The van der Waals surface area contributed by atoms with Crippen molar-refractivity contribution >= 4 is 23.1 Å². The Balaban J connectivity index is 1.36. The van der Waals surface area contributed by atoms with Crippen LogP contribution in [0, 0.1) is 0 Å². The number of benzene rings is 1. The SMILES string of the molecule is CN1CCN(c2cnc(C(=O)Nc3ccc(N4CCCC4)cc3)cn2)CC1. The van der Waals surface area contributed by atoms with E-state index in [0.29, 0.717) is 5.69 Å². The summed E-state index contributed by atoms with van der Waals surface area (Å²) >= 11 is 0. The van der Waals surface area contributed by atoms with Crippen LogP contribution in [0.2, 0.25) is 0 Å². The molecule has 1 aromatic carbocycles. The molecule has 2 fully saturated rings. The van der Waals surface area contributed by atoms with Crippen molar-refractivity contribution in [1.82, 2.24) is 14.9 Å². The molecule has 1 N–H and O–H groups in total. The second kappa shape index (κ2) is 7.92. The monoisotopic (exact) mass is 366 g/mol. The summed E-state index contributed by atoms with van der Waals surface area (Å²) in [6.45, 7) is 6.11. The van der Waals surface area contributed by atoms with Crippen LogP contribution in [-0.2, 0) is 0 Å². The molecular formula is C20H26N6O. The van der Waals surface area contributed by atoms with Gasteiger partial charge >= 0.3 is 0 Å². The zero-order chi connectivity index (χ0) is 18.6. The molecule has 4 rings (SSSR count). The molecule has 0 radical (unpaired) electrons. The highest BCUT2D eigenvalue weighted by molar-refractivity contribution is 6.02. The van der Waals surface area contributed by atoms with E-state index in [-0.39, 0.29) is 5.91 Å². The number of anilines is 3. The predicted octanol–water partition coefficient (Wildman–Crippen LogP) is 2.08. The average molecular weight is 366 g/mol. The van der Waals surface area contributed by atoms with Crippen LogP contribution in [0.25, 0.3) is 0 Å². The predicted molar refractivity (Wildman–Crippen MR) is 108 cm³/mol. The third kappa shape index (κ3) is 4.19. The van der Waals surface area contributed by atoms with Gasteiger partial charge in [0.05, 0.1) is 12.4 Å². The lowest BCUT2D eigenvalue weighted by Gasteiger charge is -2.32. The topological polar surface area (TPSA) is 64.6 Å². The van der Waals surface area contributed by atoms with Gasteiger partial charge in [-0.2, -0.15) is 0 Å². The summed E-state index contributed by atoms with van der Waals surface area (Å²) in [5, 5.41) is 2.90. The molecule has 0 bridgehead atoms. The summed E-state index contributed by atoms with van der Waals surface area (Å²) in [6, 6.07) is 8.00. The Bertz CT molecular complexity index is 762. The maximum atomic E-state index is 12.4. The third-order valence-corrected chi connectivity index (χ3v) is 5.29. The minimum absolute atomic E-state index is 0.235. The zero-order valence-corrected chi connectivity index (χ0v) is 15.8. The Labute approximate surface area is 160 Å². The van der Waals surface area contributed by atoms with Crippen molar-refractivity contribution in [3.63, 3.8) is 0 Å². The van der Waals surface area contributed by atoms with E-state index in [1.54, 1.807) is 12.4 Å². The molecule has 0 saturated carbocycles. The maximum absolute atomic E-state index is 12.4. The Morgan fingerprint density at radius 1 is 0.889 bits per heavy atom. The number of nitrogens with zero attached hydrogens (tertiary/aromatic N) is 5. The van der Waals surface area contributed by atoms with Crippen molar-refractivity contribution in [2.45, 2.75) is 12.8 Å². The van der Waals surface area contributed by atoms with Crippen molar-refractivity contribution in [2.75, 3.05) is 61.4 Å². The Morgan fingerprint density at radius 2 is 1.59 bits per heavy atom. The fourth-order valence-corrected chi connectivity index (χ4v) is 3.56. The van der Waals surface area contributed by atoms with E-state index in [1.165, 1.54) is 18.5 Å². The summed E-state index contributed by atoms with van der Waals surface area (Å²) in [5.74, 6) is 0.593. The Hall–Kier alpha value is -2.67. The summed E-state index contributed by atoms with van der Waals surface area (Å²) in [5.41, 5.74) is 2.31. The van der Waals surface area contributed by atoms with E-state index in [1.807, 2.05) is 12.1 Å². The number of piperazine rings is 1. The van der Waals surface area contributed by atoms with E-state index in [4.69, 9.17) is 0 Å². The molecule has 2 saturated heterocycles. The van der Waals surface area contributed by atoms with Crippen LogP contribution in [0.15, 0.2) is 36.7 Å². The van der Waals surface area contributed by atoms with Gasteiger partial charge < -0.3 is 20.0 Å². The van der Waals surface area contributed by atoms with E-state index in [0.717, 1.165) is 50.8 Å². The van der Waals surface area contributed by atoms with E-state index in [2.05, 4.69) is 49.2 Å². The first-order chi connectivity index (χ1) is 13.2. The van der Waals surface area contributed by atoms with Crippen molar-refractivity contribution < 1.29 is 4.79 Å². The van der Waals surface area contributed by atoms with Crippen LogP contribution < -0.4 is 15.1 Å². The lowest BCUT2D eigenvalue weighted by molar-refractivity contribution is 0.102. The minimum Gasteiger partial charge on any atom is -0.372 e. The maximum Gasteiger partial charge on any atom is 0.275 e. The molecule has 0 aliphatic carbocycles. The summed E-state index contributed by atoms with van der Waals surface area (Å²) in [4.78, 5) is 28.0. The quantitative estimate of drug-likeness (QED) is 0.894. The second-order valence-electron chi connectivity index (χ2n) is 7.25. The number of hydrogen-bond acceptors (Lipinski definition) is 6. The second-order valence-corrected chi connectivity index (χ2v) is 7.25. The largest absolute Gasteiger partial charge is 0.372 e. The molecule has 0 atom stereocenters. The first-order valence-corrected chi connectivity index (χ1v) is 9.61. The highest BCUT2D eigenvalue weighted by atomic mass is 16.1. The minimum atomic E-state index is -0.235. The number of amides is 1. The summed E-state index contributed by atoms with van der Waals surface area (Å²) in [7, 11) is 2.12. The average Bonchev–Trinajstić information content (AvgIpc) is 3.24. The molecule has 0 unspecified atom stereocenters. The lowest BCUT2D eigenvalue weighted by Crippen LogP contribution is -2.44. The van der Waals surface area contributed by atoms with Gasteiger partial charge in [0, 0.05) is 50.6 Å². The normalized spacial score (nSPS) is 18.0. The number of rotatable bonds is 4. The van der Waals surface area contributed by atoms with Gasteiger partial charge in [-0.1, -0.05) is 0 Å². The van der Waals surface area contributed by atoms with Gasteiger partial charge in [-0.25, -0.2) is 9.97 Å². The van der Waals surface area contributed by atoms with Gasteiger partial charge in [0.2, 0.25) is 0 Å². The summed E-state index contributed by atoms with van der Waals surface area (Å²) < 4.78 is 0. The van der Waals surface area contributed by atoms with Gasteiger partial charge in [-0.3, -0.25) is 4.79 Å². The Kier molecular flexibility index (Phi) is 5.20. The molecule has 2 aliphatic heterocycles. The van der Waals surface area contributed by atoms with Crippen LogP contribution in [0.1, 0.15) is 23.3 Å². The lowest BCUT2D eigenvalue weighted by atomic mass is 10.2. The van der Waals surface area contributed by atoms with Gasteiger partial charge in [-0.15, -0.1) is 0 Å². The first kappa shape index (κ1) is 17.7. The van der Waals surface area contributed by atoms with Gasteiger partial charge in [-0.05, 0) is 44.2 Å². The van der Waals surface area contributed by atoms with Crippen molar-refractivity contribution in [3.8, 4) is 0 Å². The third-order valence-electron chi connectivity index (χ3n) is 5.29. The van der Waals surface area contributed by atoms with E-state index < -0.39 is 0 Å². The van der Waals surface area contributed by atoms with Crippen LogP contribution in [0.3, 0.4) is 0 Å². The van der Waals surface area contributed by atoms with Crippen LogP contribution in [0.4, 0.5) is 17.2 Å². The highest BCUT2D eigenvalue weighted by Crippen LogP contribution is 2.22. The van der Waals surface area contributed by atoms with Crippen molar-refractivity contribution in [1.29, 1.82) is 0 Å². The molecule has 142 valence electrons. The number of hydrogen-bond donors (Lipinski definition) is 1. The number of likely N-dealkylation sites (N-methyl/N-ethyl adjacent to an activating group) is 1. The molecule has 27 heavy (non-hydrogen) atoms. The Morgan fingerprint density at radius 3 is 2.22 bits per heavy atom. The fourth-order valence-electron chi connectivity index (χ4n) is 3.56. The van der Waals surface area contributed by atoms with Crippen molar-refractivity contribution in [2.24, 2.45) is 0 Å². The molecular weight excluding hydrogens is 340 g/mol. The molecule has 2 aromatic rings. The number of carbonyl (C=O) groups is 1. The van der Waals surface area contributed by atoms with Crippen LogP contribution in [0.5, 0.6) is 0 Å². The smallest absolute Gasteiger partial charge is 0.275 e. The van der Waals surface area contributed by atoms with Gasteiger partial charge in [0.15, 0.2) is 0 Å². The summed E-state index contributed by atoms with van der Waals surface area (Å²) in [6.07, 6.45) is 5.75. The molecule has 7 heteroatoms. The number of nitrogens with one attached hydrogen (secondary N) is 1. The van der Waals surface area contributed by atoms with Crippen molar-refractivity contribution in [3.05, 3.63) is 42.4 Å². The number of carbonyl (C=O) groups excluding carboxylic acids is 1. The molecule has 3 heterocycles. The molecule has 2 aliphatic rings. The van der Waals surface area contributed by atoms with E-state index >= 15 is 0 Å². The molecule has 0 spiro atoms. The van der Waals surface area contributed by atoms with Gasteiger partial charge in [0.25, 0.3) is 5.91 Å². The fraction of sp³-hybridized carbons (Fsp3) is 0.450. The van der Waals surface area contributed by atoms with Crippen LogP contribution in [-0.4, -0.2) is 67.1 Å². The number of aromatic nitrogens is 2. The highest BCUT2D eigenvalue weighted by Gasteiger charge is 2.17. The van der Waals surface area contributed by atoms with E-state index in [9.17, 15) is 4.79 Å².